The quantitative estimate of drug-likeness (QED) is 0.116. The van der Waals surface area contributed by atoms with Gasteiger partial charge in [-0.25, -0.2) is 0 Å². The average Bonchev–Trinajstić information content (AvgIpc) is 3.71. The molecule has 0 radical (unpaired) electrons. The van der Waals surface area contributed by atoms with Gasteiger partial charge in [0.1, 0.15) is 0 Å². The maximum absolute atomic E-state index is 2.68. The van der Waals surface area contributed by atoms with Gasteiger partial charge in [0, 0.05) is 0 Å². The molecule has 3 aliphatic rings. The molecule has 280 valence electrons. The summed E-state index contributed by atoms with van der Waals surface area (Å²) < 4.78 is 4.00. The third-order valence-electron chi connectivity index (χ3n) is 13.6. The van der Waals surface area contributed by atoms with E-state index in [0.29, 0.717) is 20.3 Å². The van der Waals surface area contributed by atoms with Crippen molar-refractivity contribution >= 4 is 55.2 Å². The fourth-order valence-electron chi connectivity index (χ4n) is 11.1. The van der Waals surface area contributed by atoms with Crippen LogP contribution in [0.4, 0.5) is 0 Å². The smallest absolute Gasteiger partial charge is 1.00 e. The van der Waals surface area contributed by atoms with E-state index in [-0.39, 0.29) is 24.8 Å². The maximum atomic E-state index is 2.68. The molecule has 11 rings (SSSR count). The molecule has 1 saturated heterocycles. The molecule has 3 heteroatoms. The summed E-state index contributed by atoms with van der Waals surface area (Å²) in [4.78, 5) is 0. The summed E-state index contributed by atoms with van der Waals surface area (Å²) in [5.74, 6) is 0.997. The van der Waals surface area contributed by atoms with Gasteiger partial charge >= 0.3 is 331 Å². The first-order chi connectivity index (χ1) is 26.9. The molecule has 0 aromatic heterocycles. The largest absolute Gasteiger partial charge is 1.00 e. The summed E-state index contributed by atoms with van der Waals surface area (Å²) in [6.07, 6.45) is 5.35. The van der Waals surface area contributed by atoms with Crippen molar-refractivity contribution in [3.63, 3.8) is 0 Å². The van der Waals surface area contributed by atoms with E-state index in [4.69, 9.17) is 0 Å². The molecule has 0 amide bonds. The fourth-order valence-corrected chi connectivity index (χ4v) is 21.8. The van der Waals surface area contributed by atoms with Gasteiger partial charge in [-0.3, -0.25) is 0 Å². The Labute approximate surface area is 352 Å². The molecule has 0 N–H and O–H groups in total. The minimum atomic E-state index is -2.67. The standard InChI is InChI=1S/2C26H21.C2H4.2ClH.Ti/c2*1-17(2)21-15-20-10-7-13-24(25(20)16-21)26-22-11-5-3-8-18(22)14-19-9-4-6-12-23(19)26;1-2;;;/h2*3-17H,1-2H3;1-2H2;2*1H;/q;;;;;+2/p-2. The van der Waals surface area contributed by atoms with Gasteiger partial charge in [0.2, 0.25) is 0 Å². The topological polar surface area (TPSA) is 0 Å². The van der Waals surface area contributed by atoms with Crippen LogP contribution in [0, 0.1) is 11.8 Å². The molecular weight excluding hydrogens is 767 g/mol. The van der Waals surface area contributed by atoms with Crippen molar-refractivity contribution in [2.75, 3.05) is 0 Å². The van der Waals surface area contributed by atoms with Crippen molar-refractivity contribution in [3.05, 3.63) is 179 Å². The molecule has 1 aliphatic heterocycles. The van der Waals surface area contributed by atoms with Gasteiger partial charge < -0.3 is 24.8 Å². The van der Waals surface area contributed by atoms with Crippen LogP contribution in [0.25, 0.3) is 77.5 Å². The molecule has 0 bridgehead atoms. The van der Waals surface area contributed by atoms with Gasteiger partial charge in [0.05, 0.1) is 0 Å². The van der Waals surface area contributed by atoms with E-state index >= 15 is 0 Å². The van der Waals surface area contributed by atoms with Crippen LogP contribution in [-0.4, -0.2) is 0 Å². The number of rotatable bonds is 6. The van der Waals surface area contributed by atoms with Gasteiger partial charge in [-0.05, 0) is 0 Å². The molecule has 2 atom stereocenters. The number of hydrogen-bond acceptors (Lipinski definition) is 0. The zero-order valence-corrected chi connectivity index (χ0v) is 36.1. The summed E-state index contributed by atoms with van der Waals surface area (Å²) in [6, 6.07) is 55.5. The first kappa shape index (κ1) is 38.1. The van der Waals surface area contributed by atoms with Crippen LogP contribution in [0.2, 0.25) is 9.45 Å². The van der Waals surface area contributed by atoms with Gasteiger partial charge in [0.25, 0.3) is 0 Å². The SMILES string of the molecule is CC(C)C1=Cc2c(-c3c4ccccc4cc4ccccc34)cccc2[CH]1[Ti+2]1([CH]2C(C(C)C)=Cc3c(-c4c5ccccc5cc5ccccc45)cccc32)[CH2][CH2]1.[Cl-].[Cl-]. The fraction of sp³-hybridized carbons (Fsp3) is 0.185. The Morgan fingerprint density at radius 2 is 0.754 bits per heavy atom. The van der Waals surface area contributed by atoms with Crippen molar-refractivity contribution in [2.45, 2.75) is 45.6 Å². The van der Waals surface area contributed by atoms with Crippen LogP contribution in [0.5, 0.6) is 0 Å². The number of hydrogen-bond donors (Lipinski definition) is 0. The minimum Gasteiger partial charge on any atom is -1.00 e. The first-order valence-electron chi connectivity index (χ1n) is 20.4. The van der Waals surface area contributed by atoms with Gasteiger partial charge in [-0.15, -0.1) is 0 Å². The maximum Gasteiger partial charge on any atom is -1.00 e. The van der Waals surface area contributed by atoms with Crippen LogP contribution in [0.3, 0.4) is 0 Å². The zero-order valence-electron chi connectivity index (χ0n) is 33.0. The Morgan fingerprint density at radius 1 is 0.421 bits per heavy atom. The molecule has 2 unspecified atom stereocenters. The van der Waals surface area contributed by atoms with E-state index in [0.717, 1.165) is 0 Å². The van der Waals surface area contributed by atoms with Crippen LogP contribution in [0.15, 0.2) is 157 Å². The molecule has 0 spiro atoms. The summed E-state index contributed by atoms with van der Waals surface area (Å²) >= 11 is -2.67. The van der Waals surface area contributed by atoms with Crippen molar-refractivity contribution < 1.29 is 41.4 Å². The molecule has 1 heterocycles. The zero-order chi connectivity index (χ0) is 37.0. The minimum absolute atomic E-state index is 0. The normalized spacial score (nSPS) is 17.2. The van der Waals surface area contributed by atoms with E-state index in [2.05, 4.69) is 185 Å². The summed E-state index contributed by atoms with van der Waals surface area (Å²) in [5, 5.41) is 10.7. The van der Waals surface area contributed by atoms with Crippen LogP contribution < -0.4 is 24.8 Å². The third-order valence-corrected chi connectivity index (χ3v) is 21.8. The van der Waals surface area contributed by atoms with Crippen molar-refractivity contribution in [3.8, 4) is 22.3 Å². The molecule has 0 nitrogen and oxygen atoms in total. The molecule has 8 aromatic rings. The first-order valence-corrected chi connectivity index (χ1v) is 24.4. The van der Waals surface area contributed by atoms with Crippen molar-refractivity contribution in [1.29, 1.82) is 0 Å². The number of halogens is 2. The van der Waals surface area contributed by atoms with Crippen molar-refractivity contribution in [1.82, 2.24) is 0 Å². The summed E-state index contributed by atoms with van der Waals surface area (Å²) in [5.41, 5.74) is 15.2. The Morgan fingerprint density at radius 3 is 1.07 bits per heavy atom. The Balaban J connectivity index is 0.00000211. The summed E-state index contributed by atoms with van der Waals surface area (Å²) in [7, 11) is 0. The Hall–Kier alpha value is -4.43. The number of allylic oxidation sites excluding steroid dienone is 2. The van der Waals surface area contributed by atoms with E-state index < -0.39 is 16.6 Å². The van der Waals surface area contributed by atoms with Crippen molar-refractivity contribution in [2.24, 2.45) is 11.8 Å². The Bertz CT molecular complexity index is 2660. The predicted octanol–water partition coefficient (Wildman–Crippen LogP) is 9.53. The van der Waals surface area contributed by atoms with E-state index in [1.54, 1.807) is 22.3 Å². The van der Waals surface area contributed by atoms with Crippen LogP contribution in [0.1, 0.15) is 58.4 Å². The number of benzene rings is 8. The van der Waals surface area contributed by atoms with E-state index in [1.165, 1.54) is 85.9 Å². The molecule has 1 fully saturated rings. The predicted molar refractivity (Wildman–Crippen MR) is 235 cm³/mol. The van der Waals surface area contributed by atoms with E-state index in [1.807, 2.05) is 0 Å². The van der Waals surface area contributed by atoms with Crippen LogP contribution in [-0.2, 0) is 16.6 Å². The summed E-state index contributed by atoms with van der Waals surface area (Å²) in [6.45, 7) is 9.84. The second-order valence-corrected chi connectivity index (χ2v) is 24.4. The van der Waals surface area contributed by atoms with E-state index in [9.17, 15) is 0 Å². The van der Waals surface area contributed by atoms with Crippen LogP contribution >= 0.6 is 0 Å². The molecule has 57 heavy (non-hydrogen) atoms. The monoisotopic (exact) mass is 812 g/mol. The third kappa shape index (κ3) is 5.74. The van der Waals surface area contributed by atoms with Gasteiger partial charge in [0.15, 0.2) is 0 Å². The Kier molecular flexibility index (Phi) is 9.66. The van der Waals surface area contributed by atoms with Gasteiger partial charge in [-0.1, -0.05) is 0 Å². The second-order valence-electron chi connectivity index (χ2n) is 17.2. The van der Waals surface area contributed by atoms with Gasteiger partial charge in [-0.2, -0.15) is 0 Å². The molecular formula is C54H46Cl2Ti. The molecule has 2 aliphatic carbocycles. The molecule has 0 saturated carbocycles. The average molecular weight is 814 g/mol. The number of fused-ring (bicyclic) bond motifs is 6. The second kappa shape index (κ2) is 14.4. The molecule has 8 aromatic carbocycles.